The minimum Gasteiger partial charge on any atom is -0.465 e. The van der Waals surface area contributed by atoms with Gasteiger partial charge in [-0.15, -0.1) is 4.67 Å². The highest BCUT2D eigenvalue weighted by molar-refractivity contribution is 7.50. The van der Waals surface area contributed by atoms with E-state index in [9.17, 15) is 9.36 Å². The molecule has 0 fully saturated rings. The third-order valence-electron chi connectivity index (χ3n) is 1.81. The topological polar surface area (TPSA) is 107 Å². The number of carboxylic acid groups (broad SMARTS) is 1. The minimum absolute atomic E-state index is 0.0956. The SMILES string of the molecule is CCC(C)CN(C(=O)O)P(=O)(O)OO. The highest BCUT2D eigenvalue weighted by Gasteiger charge is 2.35. The van der Waals surface area contributed by atoms with E-state index >= 15 is 0 Å². The molecule has 0 rings (SSSR count). The molecule has 0 aliphatic heterocycles. The maximum absolute atomic E-state index is 11.0. The quantitative estimate of drug-likeness (QED) is 0.374. The van der Waals surface area contributed by atoms with E-state index in [4.69, 9.17) is 15.3 Å². The molecular weight excluding hydrogens is 213 g/mol. The molecule has 0 aromatic rings. The third-order valence-corrected chi connectivity index (χ3v) is 2.97. The van der Waals surface area contributed by atoms with Gasteiger partial charge in [-0.05, 0) is 5.92 Å². The van der Waals surface area contributed by atoms with E-state index in [2.05, 4.69) is 4.67 Å². The number of carbonyl (C=O) groups is 1. The van der Waals surface area contributed by atoms with Gasteiger partial charge in [0.15, 0.2) is 0 Å². The smallest absolute Gasteiger partial charge is 0.464 e. The van der Waals surface area contributed by atoms with Crippen LogP contribution in [-0.4, -0.2) is 32.6 Å². The number of hydrogen-bond donors (Lipinski definition) is 3. The third kappa shape index (κ3) is 3.63. The summed E-state index contributed by atoms with van der Waals surface area (Å²) in [7, 11) is -4.62. The lowest BCUT2D eigenvalue weighted by atomic mass is 10.1. The maximum atomic E-state index is 11.0. The zero-order valence-corrected chi connectivity index (χ0v) is 8.85. The first-order chi connectivity index (χ1) is 6.35. The van der Waals surface area contributed by atoms with Gasteiger partial charge in [0, 0.05) is 6.54 Å². The van der Waals surface area contributed by atoms with Crippen LogP contribution in [0.15, 0.2) is 0 Å². The Morgan fingerprint density at radius 2 is 2.14 bits per heavy atom. The summed E-state index contributed by atoms with van der Waals surface area (Å²) in [6.45, 7) is 3.36. The van der Waals surface area contributed by atoms with Crippen LogP contribution in [-0.2, 0) is 9.24 Å². The minimum atomic E-state index is -4.62. The van der Waals surface area contributed by atoms with Crippen LogP contribution in [0.4, 0.5) is 4.79 Å². The van der Waals surface area contributed by atoms with Gasteiger partial charge in [0.25, 0.3) is 0 Å². The molecule has 0 spiro atoms. The molecule has 84 valence electrons. The molecule has 0 saturated heterocycles. The summed E-state index contributed by atoms with van der Waals surface area (Å²) in [4.78, 5) is 19.5. The Morgan fingerprint density at radius 3 is 2.43 bits per heavy atom. The molecule has 0 aromatic carbocycles. The van der Waals surface area contributed by atoms with Crippen LogP contribution in [0.25, 0.3) is 0 Å². The van der Waals surface area contributed by atoms with Crippen LogP contribution in [0.2, 0.25) is 0 Å². The Labute approximate surface area is 81.4 Å². The van der Waals surface area contributed by atoms with Crippen molar-refractivity contribution >= 4 is 13.8 Å². The van der Waals surface area contributed by atoms with Crippen LogP contribution in [0.1, 0.15) is 20.3 Å². The summed E-state index contributed by atoms with van der Waals surface area (Å²) in [5.74, 6) is -0.0956. The van der Waals surface area contributed by atoms with Crippen LogP contribution in [0, 0.1) is 5.92 Å². The molecule has 0 saturated carbocycles. The summed E-state index contributed by atoms with van der Waals surface area (Å²) >= 11 is 0. The largest absolute Gasteiger partial charge is 0.465 e. The Morgan fingerprint density at radius 1 is 1.64 bits per heavy atom. The number of nitrogens with zero attached hydrogens (tertiary/aromatic N) is 1. The fraction of sp³-hybridized carbons (Fsp3) is 0.833. The normalized spacial score (nSPS) is 17.1. The molecule has 0 aliphatic carbocycles. The molecule has 1 amide bonds. The zero-order valence-electron chi connectivity index (χ0n) is 7.95. The molecule has 0 radical (unpaired) electrons. The number of rotatable bonds is 5. The van der Waals surface area contributed by atoms with Crippen molar-refractivity contribution in [2.75, 3.05) is 6.54 Å². The van der Waals surface area contributed by atoms with Crippen LogP contribution >= 0.6 is 7.75 Å². The summed E-state index contributed by atoms with van der Waals surface area (Å²) in [6.07, 6.45) is -0.958. The first-order valence-electron chi connectivity index (χ1n) is 4.02. The molecule has 2 unspecified atom stereocenters. The highest BCUT2D eigenvalue weighted by atomic mass is 31.2. The van der Waals surface area contributed by atoms with Crippen molar-refractivity contribution in [2.45, 2.75) is 20.3 Å². The van der Waals surface area contributed by atoms with Gasteiger partial charge in [-0.25, -0.2) is 19.3 Å². The fourth-order valence-corrected chi connectivity index (χ4v) is 1.55. The zero-order chi connectivity index (χ0) is 11.4. The fourth-order valence-electron chi connectivity index (χ4n) is 0.758. The molecule has 2 atom stereocenters. The monoisotopic (exact) mass is 227 g/mol. The molecule has 0 bridgehead atoms. The van der Waals surface area contributed by atoms with Crippen molar-refractivity contribution < 1.29 is 29.3 Å². The van der Waals surface area contributed by atoms with Gasteiger partial charge in [-0.1, -0.05) is 20.3 Å². The highest BCUT2D eigenvalue weighted by Crippen LogP contribution is 2.45. The van der Waals surface area contributed by atoms with Gasteiger partial charge in [-0.2, -0.15) is 0 Å². The van der Waals surface area contributed by atoms with E-state index < -0.39 is 13.8 Å². The predicted octanol–water partition coefficient (Wildman–Crippen LogP) is 1.60. The van der Waals surface area contributed by atoms with Crippen molar-refractivity contribution in [2.24, 2.45) is 5.92 Å². The molecule has 3 N–H and O–H groups in total. The molecule has 0 aliphatic rings. The lowest BCUT2D eigenvalue weighted by Crippen LogP contribution is -2.31. The Hall–Kier alpha value is -0.620. The first kappa shape index (κ1) is 13.4. The molecule has 0 aromatic heterocycles. The second-order valence-electron chi connectivity index (χ2n) is 2.95. The lowest BCUT2D eigenvalue weighted by molar-refractivity contribution is -0.153. The average Bonchev–Trinajstić information content (AvgIpc) is 2.12. The van der Waals surface area contributed by atoms with Gasteiger partial charge < -0.3 is 10.00 Å². The van der Waals surface area contributed by atoms with Crippen molar-refractivity contribution in [3.63, 3.8) is 0 Å². The van der Waals surface area contributed by atoms with E-state index in [-0.39, 0.29) is 17.1 Å². The second-order valence-corrected chi connectivity index (χ2v) is 4.58. The van der Waals surface area contributed by atoms with Gasteiger partial charge in [0.05, 0.1) is 0 Å². The van der Waals surface area contributed by atoms with E-state index in [0.29, 0.717) is 6.42 Å². The van der Waals surface area contributed by atoms with E-state index in [0.717, 1.165) is 0 Å². The number of hydrogen-bond acceptors (Lipinski definition) is 4. The van der Waals surface area contributed by atoms with Gasteiger partial charge in [0.2, 0.25) is 0 Å². The molecule has 8 heteroatoms. The summed E-state index contributed by atoms with van der Waals surface area (Å²) in [5, 5.41) is 16.7. The van der Waals surface area contributed by atoms with Crippen molar-refractivity contribution in [3.8, 4) is 0 Å². The van der Waals surface area contributed by atoms with Crippen LogP contribution < -0.4 is 0 Å². The Bertz CT molecular complexity index is 244. The van der Waals surface area contributed by atoms with Crippen LogP contribution in [0.3, 0.4) is 0 Å². The van der Waals surface area contributed by atoms with Crippen LogP contribution in [0.5, 0.6) is 0 Å². The second kappa shape index (κ2) is 5.31. The first-order valence-corrected chi connectivity index (χ1v) is 5.55. The van der Waals surface area contributed by atoms with Crippen molar-refractivity contribution in [1.82, 2.24) is 4.67 Å². The summed E-state index contributed by atoms with van der Waals surface area (Å²) in [6, 6.07) is 0. The lowest BCUT2D eigenvalue weighted by Gasteiger charge is -2.23. The van der Waals surface area contributed by atoms with E-state index in [1.807, 2.05) is 6.92 Å². The summed E-state index contributed by atoms with van der Waals surface area (Å²) < 4.78 is 14.5. The number of amides is 1. The van der Waals surface area contributed by atoms with Crippen molar-refractivity contribution in [3.05, 3.63) is 0 Å². The van der Waals surface area contributed by atoms with Crippen molar-refractivity contribution in [1.29, 1.82) is 0 Å². The maximum Gasteiger partial charge on any atom is 0.464 e. The van der Waals surface area contributed by atoms with E-state index in [1.165, 1.54) is 0 Å². The van der Waals surface area contributed by atoms with E-state index in [1.54, 1.807) is 6.92 Å². The summed E-state index contributed by atoms with van der Waals surface area (Å²) in [5.41, 5.74) is 0. The molecule has 0 heterocycles. The Balaban J connectivity index is 4.62. The predicted molar refractivity (Wildman–Crippen MR) is 47.7 cm³/mol. The average molecular weight is 227 g/mol. The van der Waals surface area contributed by atoms with Gasteiger partial charge in [-0.3, -0.25) is 0 Å². The molecule has 7 nitrogen and oxygen atoms in total. The van der Waals surface area contributed by atoms with Gasteiger partial charge in [0.1, 0.15) is 0 Å². The Kier molecular flexibility index (Phi) is 5.07. The molecular formula is C6H14NO6P. The standard InChI is InChI=1S/C6H14NO6P/c1-3-5(2)4-7(6(8)9)14(11,12)13-10/h5,10H,3-4H2,1-2H3,(H,8,9)(H,11,12). The molecule has 14 heavy (non-hydrogen) atoms. The van der Waals surface area contributed by atoms with Gasteiger partial charge >= 0.3 is 13.8 Å².